The number of benzene rings is 1. The molecule has 1 atom stereocenters. The van der Waals surface area contributed by atoms with E-state index in [9.17, 15) is 9.59 Å². The van der Waals surface area contributed by atoms with Gasteiger partial charge in [0.25, 0.3) is 5.91 Å². The van der Waals surface area contributed by atoms with Crippen molar-refractivity contribution >= 4 is 17.6 Å². The molecular weight excluding hydrogens is 306 g/mol. The third kappa shape index (κ3) is 3.47. The largest absolute Gasteiger partial charge is 0.493 e. The van der Waals surface area contributed by atoms with Crippen molar-refractivity contribution in [2.75, 3.05) is 25.3 Å². The van der Waals surface area contributed by atoms with E-state index in [2.05, 4.69) is 5.32 Å². The highest BCUT2D eigenvalue weighted by atomic mass is 16.7. The van der Waals surface area contributed by atoms with E-state index in [1.807, 2.05) is 0 Å². The van der Waals surface area contributed by atoms with Crippen LogP contribution in [0.3, 0.4) is 0 Å². The van der Waals surface area contributed by atoms with Crippen LogP contribution in [0.5, 0.6) is 11.5 Å². The topological polar surface area (TPSA) is 92.3 Å². The molecule has 1 N–H and O–H groups in total. The molecule has 0 saturated carbocycles. The zero-order valence-corrected chi connectivity index (χ0v) is 12.4. The second-order valence-corrected chi connectivity index (χ2v) is 4.81. The van der Waals surface area contributed by atoms with Gasteiger partial charge in [-0.1, -0.05) is 0 Å². The van der Waals surface area contributed by atoms with Crippen LogP contribution in [0.4, 0.5) is 5.69 Å². The number of rotatable bonds is 4. The Morgan fingerprint density at radius 1 is 1.17 bits per heavy atom. The van der Waals surface area contributed by atoms with Gasteiger partial charge >= 0.3 is 5.97 Å². The molecule has 0 spiro atoms. The molecule has 0 fully saturated rings. The molecule has 122 valence electrons. The van der Waals surface area contributed by atoms with Gasteiger partial charge in [0.15, 0.2) is 17.6 Å². The van der Waals surface area contributed by atoms with E-state index in [0.717, 1.165) is 0 Å². The van der Waals surface area contributed by atoms with Crippen LogP contribution in [0, 0.1) is 0 Å². The van der Waals surface area contributed by atoms with Gasteiger partial charge in [0, 0.05) is 11.8 Å². The van der Waals surface area contributed by atoms with Crippen LogP contribution in [0.15, 0.2) is 30.2 Å². The summed E-state index contributed by atoms with van der Waals surface area (Å²) in [7, 11) is 0. The Morgan fingerprint density at radius 2 is 2.00 bits per heavy atom. The molecule has 2 aliphatic heterocycles. The van der Waals surface area contributed by atoms with Gasteiger partial charge in [0.2, 0.25) is 12.6 Å². The van der Waals surface area contributed by atoms with Gasteiger partial charge < -0.3 is 29.0 Å². The highest BCUT2D eigenvalue weighted by Crippen LogP contribution is 2.34. The van der Waals surface area contributed by atoms with Gasteiger partial charge in [0.05, 0.1) is 0 Å². The third-order valence-electron chi connectivity index (χ3n) is 3.14. The summed E-state index contributed by atoms with van der Waals surface area (Å²) in [5, 5.41) is 2.64. The number of hydrogen-bond acceptors (Lipinski definition) is 7. The summed E-state index contributed by atoms with van der Waals surface area (Å²) < 4.78 is 25.5. The summed E-state index contributed by atoms with van der Waals surface area (Å²) in [6.45, 7) is 2.25. The minimum atomic E-state index is -1.00. The zero-order valence-electron chi connectivity index (χ0n) is 12.4. The molecule has 0 aromatic heterocycles. The van der Waals surface area contributed by atoms with Crippen LogP contribution < -0.4 is 14.8 Å². The molecule has 2 heterocycles. The van der Waals surface area contributed by atoms with E-state index in [4.69, 9.17) is 23.7 Å². The average Bonchev–Trinajstić information content (AvgIpc) is 3.03. The van der Waals surface area contributed by atoms with Crippen molar-refractivity contribution in [3.63, 3.8) is 0 Å². The van der Waals surface area contributed by atoms with Gasteiger partial charge in [-0.25, -0.2) is 4.79 Å². The molecule has 0 aliphatic carbocycles. The Morgan fingerprint density at radius 3 is 2.78 bits per heavy atom. The number of esters is 1. The standard InChI is InChI=1S/C15H15NO7/c1-9(23-15(18)13-7-19-4-5-20-13)14(17)16-10-2-3-11-12(6-10)22-8-21-11/h2-3,6-7,9H,4-5,8H2,1H3,(H,16,17). The van der Waals surface area contributed by atoms with Crippen molar-refractivity contribution < 1.29 is 33.3 Å². The Balaban J connectivity index is 1.57. The van der Waals surface area contributed by atoms with Crippen molar-refractivity contribution in [1.29, 1.82) is 0 Å². The number of nitrogens with one attached hydrogen (secondary N) is 1. The molecule has 1 aromatic carbocycles. The second-order valence-electron chi connectivity index (χ2n) is 4.81. The summed E-state index contributed by atoms with van der Waals surface area (Å²) in [6, 6.07) is 4.99. The number of fused-ring (bicyclic) bond motifs is 1. The lowest BCUT2D eigenvalue weighted by atomic mass is 10.2. The monoisotopic (exact) mass is 321 g/mol. The normalized spacial score (nSPS) is 16.5. The van der Waals surface area contributed by atoms with E-state index in [0.29, 0.717) is 23.8 Å². The number of amides is 1. The molecule has 1 unspecified atom stereocenters. The summed E-state index contributed by atoms with van der Waals surface area (Å²) >= 11 is 0. The molecule has 0 radical (unpaired) electrons. The Bertz CT molecular complexity index is 655. The molecule has 23 heavy (non-hydrogen) atoms. The fraction of sp³-hybridized carbons (Fsp3) is 0.333. The van der Waals surface area contributed by atoms with Gasteiger partial charge in [0.1, 0.15) is 19.5 Å². The summed E-state index contributed by atoms with van der Waals surface area (Å²) in [4.78, 5) is 23.9. The highest BCUT2D eigenvalue weighted by molar-refractivity contribution is 5.96. The van der Waals surface area contributed by atoms with E-state index < -0.39 is 18.0 Å². The lowest BCUT2D eigenvalue weighted by Crippen LogP contribution is -2.31. The molecule has 0 saturated heterocycles. The molecule has 8 nitrogen and oxygen atoms in total. The minimum Gasteiger partial charge on any atom is -0.493 e. The minimum absolute atomic E-state index is 0.0565. The highest BCUT2D eigenvalue weighted by Gasteiger charge is 2.24. The predicted molar refractivity (Wildman–Crippen MR) is 76.7 cm³/mol. The van der Waals surface area contributed by atoms with Crippen LogP contribution >= 0.6 is 0 Å². The fourth-order valence-electron chi connectivity index (χ4n) is 1.97. The van der Waals surface area contributed by atoms with Gasteiger partial charge in [-0.05, 0) is 19.1 Å². The van der Waals surface area contributed by atoms with Crippen molar-refractivity contribution in [2.24, 2.45) is 0 Å². The molecule has 2 aliphatic rings. The summed E-state index contributed by atoms with van der Waals surface area (Å²) in [6.07, 6.45) is 0.174. The first-order valence-corrected chi connectivity index (χ1v) is 6.99. The lowest BCUT2D eigenvalue weighted by molar-refractivity contribution is -0.153. The number of ether oxygens (including phenoxy) is 5. The number of hydrogen-bond donors (Lipinski definition) is 1. The molecule has 0 bridgehead atoms. The van der Waals surface area contributed by atoms with E-state index in [1.165, 1.54) is 13.2 Å². The molecule has 8 heteroatoms. The fourth-order valence-corrected chi connectivity index (χ4v) is 1.97. The van der Waals surface area contributed by atoms with Gasteiger partial charge in [-0.2, -0.15) is 0 Å². The van der Waals surface area contributed by atoms with Crippen LogP contribution in [-0.2, 0) is 23.8 Å². The average molecular weight is 321 g/mol. The summed E-state index contributed by atoms with van der Waals surface area (Å²) in [5.74, 6) is -0.124. The Labute approximate surface area is 131 Å². The Kier molecular flexibility index (Phi) is 4.22. The number of anilines is 1. The van der Waals surface area contributed by atoms with Crippen molar-refractivity contribution in [2.45, 2.75) is 13.0 Å². The van der Waals surface area contributed by atoms with Gasteiger partial charge in [-0.15, -0.1) is 0 Å². The Hall–Kier alpha value is -2.90. The molecule has 3 rings (SSSR count). The number of carbonyl (C=O) groups is 2. The molecule has 1 aromatic rings. The first kappa shape index (κ1) is 15.0. The lowest BCUT2D eigenvalue weighted by Gasteiger charge is -2.17. The zero-order chi connectivity index (χ0) is 16.2. The van der Waals surface area contributed by atoms with E-state index in [1.54, 1.807) is 18.2 Å². The number of carbonyl (C=O) groups excluding carboxylic acids is 2. The molecular formula is C15H15NO7. The van der Waals surface area contributed by atoms with E-state index in [-0.39, 0.29) is 19.2 Å². The van der Waals surface area contributed by atoms with E-state index >= 15 is 0 Å². The second kappa shape index (κ2) is 6.47. The third-order valence-corrected chi connectivity index (χ3v) is 3.14. The maximum atomic E-state index is 12.1. The van der Waals surface area contributed by atoms with Crippen LogP contribution in [0.25, 0.3) is 0 Å². The van der Waals surface area contributed by atoms with Crippen molar-refractivity contribution in [1.82, 2.24) is 0 Å². The van der Waals surface area contributed by atoms with Gasteiger partial charge in [-0.3, -0.25) is 4.79 Å². The van der Waals surface area contributed by atoms with Crippen molar-refractivity contribution in [3.8, 4) is 11.5 Å². The maximum absolute atomic E-state index is 12.1. The smallest absolute Gasteiger partial charge is 0.377 e. The predicted octanol–water partition coefficient (Wildman–Crippen LogP) is 1.17. The van der Waals surface area contributed by atoms with Crippen LogP contribution in [0.2, 0.25) is 0 Å². The maximum Gasteiger partial charge on any atom is 0.377 e. The quantitative estimate of drug-likeness (QED) is 0.832. The van der Waals surface area contributed by atoms with Crippen LogP contribution in [-0.4, -0.2) is 38.0 Å². The van der Waals surface area contributed by atoms with Crippen LogP contribution in [0.1, 0.15) is 6.92 Å². The first-order chi connectivity index (χ1) is 11.1. The summed E-state index contributed by atoms with van der Waals surface area (Å²) in [5.41, 5.74) is 0.513. The first-order valence-electron chi connectivity index (χ1n) is 6.99. The molecule has 1 amide bonds. The SMILES string of the molecule is CC(OC(=O)C1=COCCO1)C(=O)Nc1ccc2c(c1)OCO2. The van der Waals surface area contributed by atoms with Crippen molar-refractivity contribution in [3.05, 3.63) is 30.2 Å².